The molecule has 6 heteroatoms. The molecule has 74 valence electrons. The van der Waals surface area contributed by atoms with Crippen molar-refractivity contribution in [2.45, 2.75) is 6.92 Å². The summed E-state index contributed by atoms with van der Waals surface area (Å²) in [7, 11) is -3.11. The Morgan fingerprint density at radius 2 is 1.79 bits per heavy atom. The summed E-state index contributed by atoms with van der Waals surface area (Å²) in [6.45, 7) is 1.96. The van der Waals surface area contributed by atoms with Crippen LogP contribution in [0.25, 0.3) is 11.0 Å². The number of imidazole rings is 1. The molecule has 1 N–H and O–H groups in total. The van der Waals surface area contributed by atoms with Crippen LogP contribution in [0.3, 0.4) is 0 Å². The summed E-state index contributed by atoms with van der Waals surface area (Å²) in [5, 5.41) is 0. The van der Waals surface area contributed by atoms with Crippen LogP contribution in [0, 0.1) is 6.92 Å². The molecule has 1 aromatic heterocycles. The van der Waals surface area contributed by atoms with Gasteiger partial charge in [-0.15, -0.1) is 12.6 Å². The van der Waals surface area contributed by atoms with Crippen LogP contribution in [0.5, 0.6) is 0 Å². The van der Waals surface area contributed by atoms with Crippen LogP contribution in [0.2, 0.25) is 0 Å². The molecule has 0 saturated carbocycles. The Morgan fingerprint density at radius 3 is 2.36 bits per heavy atom. The molecule has 0 unspecified atom stereocenters. The molecule has 0 aliphatic heterocycles. The summed E-state index contributed by atoms with van der Waals surface area (Å²) in [5.74, 6) is 0.973. The number of aryl methyl sites for hydroxylation is 1. The number of nitrogens with zero attached hydrogens (tertiary/aromatic N) is 1. The van der Waals surface area contributed by atoms with Gasteiger partial charge in [-0.1, -0.05) is 12.1 Å². The van der Waals surface area contributed by atoms with Crippen molar-refractivity contribution in [1.82, 2.24) is 9.97 Å². The fraction of sp³-hybridized carbons (Fsp3) is 0.125. The molecule has 0 atom stereocenters. The molecule has 2 rings (SSSR count). The van der Waals surface area contributed by atoms with Gasteiger partial charge < -0.3 is 4.98 Å². The van der Waals surface area contributed by atoms with Crippen LogP contribution in [-0.2, 0) is 10.6 Å². The Morgan fingerprint density at radius 1 is 1.21 bits per heavy atom. The predicted molar refractivity (Wildman–Crippen MR) is 50.5 cm³/mol. The molecule has 0 saturated heterocycles. The van der Waals surface area contributed by atoms with E-state index in [0.29, 0.717) is 0 Å². The summed E-state index contributed by atoms with van der Waals surface area (Å²) in [6, 6.07) is 8.01. The standard InChI is InChI=1S/C8H8N2.O3S/c1-6-9-7-4-2-3-5-8(7)10-6;1-4(2)3/h2-5H,1H3,(H,9,10);. The van der Waals surface area contributed by atoms with E-state index < -0.39 is 10.6 Å². The molecule has 0 amide bonds. The molecule has 5 nitrogen and oxygen atoms in total. The monoisotopic (exact) mass is 212 g/mol. The first-order chi connectivity index (χ1) is 6.59. The minimum Gasteiger partial charge on any atom is -0.342 e. The van der Waals surface area contributed by atoms with Crippen molar-refractivity contribution in [2.24, 2.45) is 0 Å². The van der Waals surface area contributed by atoms with E-state index in [1.807, 2.05) is 31.2 Å². The third kappa shape index (κ3) is 2.98. The van der Waals surface area contributed by atoms with Crippen LogP contribution in [-0.4, -0.2) is 22.6 Å². The van der Waals surface area contributed by atoms with E-state index >= 15 is 0 Å². The Balaban J connectivity index is 0.000000213. The summed E-state index contributed by atoms with van der Waals surface area (Å²) >= 11 is 0. The molecule has 1 aromatic carbocycles. The van der Waals surface area contributed by atoms with Gasteiger partial charge >= 0.3 is 10.6 Å². The first-order valence-corrected chi connectivity index (χ1v) is 4.77. The van der Waals surface area contributed by atoms with E-state index in [0.717, 1.165) is 16.9 Å². The Hall–Kier alpha value is -1.69. The van der Waals surface area contributed by atoms with Gasteiger partial charge in [0.2, 0.25) is 0 Å². The van der Waals surface area contributed by atoms with E-state index in [4.69, 9.17) is 12.6 Å². The van der Waals surface area contributed by atoms with Crippen molar-refractivity contribution in [2.75, 3.05) is 0 Å². The second kappa shape index (κ2) is 4.52. The normalized spacial score (nSPS) is 9.21. The molecule has 0 aliphatic rings. The largest absolute Gasteiger partial charge is 0.425 e. The maximum atomic E-state index is 8.44. The molecule has 2 aromatic rings. The van der Waals surface area contributed by atoms with Gasteiger partial charge in [0, 0.05) is 0 Å². The number of nitrogens with one attached hydrogen (secondary N) is 1. The second-order valence-corrected chi connectivity index (χ2v) is 2.95. The van der Waals surface area contributed by atoms with Gasteiger partial charge in [0.05, 0.1) is 11.0 Å². The Kier molecular flexibility index (Phi) is 3.35. The number of hydrogen-bond acceptors (Lipinski definition) is 4. The number of aromatic amines is 1. The van der Waals surface area contributed by atoms with Crippen molar-refractivity contribution in [3.63, 3.8) is 0 Å². The van der Waals surface area contributed by atoms with Crippen molar-refractivity contribution < 1.29 is 12.6 Å². The number of rotatable bonds is 0. The van der Waals surface area contributed by atoms with E-state index in [1.54, 1.807) is 0 Å². The van der Waals surface area contributed by atoms with Crippen LogP contribution < -0.4 is 0 Å². The number of hydrogen-bond donors (Lipinski definition) is 1. The van der Waals surface area contributed by atoms with E-state index in [1.165, 1.54) is 0 Å². The highest BCUT2D eigenvalue weighted by atomic mass is 32.2. The molecular weight excluding hydrogens is 204 g/mol. The lowest BCUT2D eigenvalue weighted by Gasteiger charge is -1.81. The zero-order valence-corrected chi connectivity index (χ0v) is 8.21. The quantitative estimate of drug-likeness (QED) is 0.702. The lowest BCUT2D eigenvalue weighted by atomic mass is 10.3. The van der Waals surface area contributed by atoms with Crippen LogP contribution in [0.4, 0.5) is 0 Å². The maximum Gasteiger partial charge on any atom is 0.425 e. The molecule has 0 spiro atoms. The minimum atomic E-state index is -3.11. The lowest BCUT2D eigenvalue weighted by molar-refractivity contribution is 0.559. The summed E-state index contributed by atoms with van der Waals surface area (Å²) in [5.41, 5.74) is 2.15. The van der Waals surface area contributed by atoms with Gasteiger partial charge in [-0.3, -0.25) is 0 Å². The smallest absolute Gasteiger partial charge is 0.342 e. The van der Waals surface area contributed by atoms with E-state index in [2.05, 4.69) is 9.97 Å². The number of benzene rings is 1. The Bertz CT molecular complexity index is 490. The van der Waals surface area contributed by atoms with E-state index in [-0.39, 0.29) is 0 Å². The van der Waals surface area contributed by atoms with Gasteiger partial charge in [-0.05, 0) is 19.1 Å². The van der Waals surface area contributed by atoms with Gasteiger partial charge in [0.25, 0.3) is 0 Å². The number of fused-ring (bicyclic) bond motifs is 1. The average molecular weight is 212 g/mol. The SMILES string of the molecule is Cc1nc2ccccc2[nH]1.O=S(=O)=O. The van der Waals surface area contributed by atoms with Gasteiger partial charge in [-0.2, -0.15) is 0 Å². The summed E-state index contributed by atoms with van der Waals surface area (Å²) in [4.78, 5) is 7.40. The van der Waals surface area contributed by atoms with E-state index in [9.17, 15) is 0 Å². The summed E-state index contributed by atoms with van der Waals surface area (Å²) in [6.07, 6.45) is 0. The molecular formula is C8H8N2O3S. The zero-order valence-electron chi connectivity index (χ0n) is 7.39. The van der Waals surface area contributed by atoms with Crippen LogP contribution in [0.1, 0.15) is 5.82 Å². The average Bonchev–Trinajstić information content (AvgIpc) is 2.42. The first kappa shape index (κ1) is 10.4. The predicted octanol–water partition coefficient (Wildman–Crippen LogP) is 0.867. The number of aromatic nitrogens is 2. The third-order valence-corrected chi connectivity index (χ3v) is 1.51. The first-order valence-electron chi connectivity index (χ1n) is 3.77. The fourth-order valence-electron chi connectivity index (χ4n) is 1.08. The molecule has 0 aliphatic carbocycles. The highest BCUT2D eigenvalue weighted by molar-refractivity contribution is 7.59. The van der Waals surface area contributed by atoms with Crippen LogP contribution >= 0.6 is 0 Å². The van der Waals surface area contributed by atoms with Gasteiger partial charge in [0.1, 0.15) is 5.82 Å². The lowest BCUT2D eigenvalue weighted by Crippen LogP contribution is -1.68. The maximum absolute atomic E-state index is 8.44. The zero-order chi connectivity index (χ0) is 10.6. The topological polar surface area (TPSA) is 79.9 Å². The molecule has 0 fully saturated rings. The highest BCUT2D eigenvalue weighted by Gasteiger charge is 1.93. The molecule has 0 bridgehead atoms. The van der Waals surface area contributed by atoms with Crippen molar-refractivity contribution >= 4 is 21.6 Å². The number of para-hydroxylation sites is 2. The molecule has 1 heterocycles. The third-order valence-electron chi connectivity index (χ3n) is 1.51. The van der Waals surface area contributed by atoms with Crippen molar-refractivity contribution in [1.29, 1.82) is 0 Å². The second-order valence-electron chi connectivity index (χ2n) is 2.54. The summed E-state index contributed by atoms with van der Waals surface area (Å²) < 4.78 is 25.3. The fourth-order valence-corrected chi connectivity index (χ4v) is 1.08. The highest BCUT2D eigenvalue weighted by Crippen LogP contribution is 2.08. The van der Waals surface area contributed by atoms with Gasteiger partial charge in [-0.25, -0.2) is 4.98 Å². The minimum absolute atomic E-state index is 0.973. The van der Waals surface area contributed by atoms with Crippen molar-refractivity contribution in [3.8, 4) is 0 Å². The Labute approximate surface area is 81.9 Å². The molecule has 0 radical (unpaired) electrons. The number of H-pyrrole nitrogens is 1. The van der Waals surface area contributed by atoms with Crippen molar-refractivity contribution in [3.05, 3.63) is 30.1 Å². The van der Waals surface area contributed by atoms with Crippen LogP contribution in [0.15, 0.2) is 24.3 Å². The van der Waals surface area contributed by atoms with Gasteiger partial charge in [0.15, 0.2) is 0 Å². The molecule has 14 heavy (non-hydrogen) atoms.